The third-order valence-corrected chi connectivity index (χ3v) is 8.91. The van der Waals surface area contributed by atoms with E-state index in [1.165, 1.54) is 0 Å². The number of aliphatic carboxylic acids is 3. The minimum atomic E-state index is -1.23. The summed E-state index contributed by atoms with van der Waals surface area (Å²) in [5.41, 5.74) is 0. The predicted molar refractivity (Wildman–Crippen MR) is 188 cm³/mol. The number of ketones is 3. The van der Waals surface area contributed by atoms with Gasteiger partial charge in [-0.15, -0.1) is 0 Å². The summed E-state index contributed by atoms with van der Waals surface area (Å²) >= 11 is 0. The normalized spacial score (nSPS) is 16.3. The van der Waals surface area contributed by atoms with Crippen LogP contribution in [0.15, 0.2) is 0 Å². The smallest absolute Gasteiger partial charge is 0.306 e. The molecule has 1 rings (SSSR count). The van der Waals surface area contributed by atoms with Crippen LogP contribution in [0.1, 0.15) is 103 Å². The fourth-order valence-corrected chi connectivity index (χ4v) is 5.77. The maximum absolute atomic E-state index is 13.0. The van der Waals surface area contributed by atoms with Gasteiger partial charge >= 0.3 is 17.9 Å². The van der Waals surface area contributed by atoms with Crippen molar-refractivity contribution in [3.63, 3.8) is 0 Å². The number of amides is 3. The minimum Gasteiger partial charge on any atom is -0.481 e. The van der Waals surface area contributed by atoms with Crippen LogP contribution in [-0.4, -0.2) is 120 Å². The third kappa shape index (κ3) is 23.2. The van der Waals surface area contributed by atoms with E-state index in [0.29, 0.717) is 38.5 Å². The number of ether oxygens (including phenoxy) is 2. The highest BCUT2D eigenvalue weighted by Crippen LogP contribution is 2.31. The Morgan fingerprint density at radius 1 is 0.685 bits per heavy atom. The van der Waals surface area contributed by atoms with E-state index in [0.717, 1.165) is 0 Å². The molecule has 0 aromatic carbocycles. The summed E-state index contributed by atoms with van der Waals surface area (Å²) < 4.78 is 10.5. The summed E-state index contributed by atoms with van der Waals surface area (Å²) in [5.74, 6) is -6.99. The number of aldehydes is 1. The fourth-order valence-electron chi connectivity index (χ4n) is 5.77. The van der Waals surface area contributed by atoms with Gasteiger partial charge in [0.05, 0.1) is 31.7 Å². The molecule has 0 saturated heterocycles. The van der Waals surface area contributed by atoms with Crippen LogP contribution in [0.2, 0.25) is 0 Å². The number of hydrogen-bond donors (Lipinski definition) is 6. The summed E-state index contributed by atoms with van der Waals surface area (Å²) in [5, 5.41) is 35.2. The molecular weight excluding hydrogens is 714 g/mol. The molecule has 1 aliphatic rings. The van der Waals surface area contributed by atoms with Crippen LogP contribution in [0.3, 0.4) is 0 Å². The Morgan fingerprint density at radius 2 is 1.37 bits per heavy atom. The summed E-state index contributed by atoms with van der Waals surface area (Å²) in [6, 6.07) is -1.12. The fraction of sp³-hybridized carbons (Fsp3) is 0.722. The number of carboxylic acids is 3. The molecule has 0 heterocycles. The molecule has 18 heteroatoms. The first-order chi connectivity index (χ1) is 25.7. The lowest BCUT2D eigenvalue weighted by Crippen LogP contribution is -2.41. The van der Waals surface area contributed by atoms with Crippen LogP contribution < -0.4 is 16.0 Å². The van der Waals surface area contributed by atoms with Crippen molar-refractivity contribution in [3.8, 4) is 0 Å². The molecule has 1 aliphatic carbocycles. The first-order valence-electron chi connectivity index (χ1n) is 18.4. The van der Waals surface area contributed by atoms with Crippen molar-refractivity contribution in [2.24, 2.45) is 17.8 Å². The Labute approximate surface area is 313 Å². The molecule has 0 aliphatic heterocycles. The van der Waals surface area contributed by atoms with Crippen molar-refractivity contribution >= 4 is 59.3 Å². The molecule has 304 valence electrons. The zero-order valence-electron chi connectivity index (χ0n) is 30.7. The van der Waals surface area contributed by atoms with E-state index in [9.17, 15) is 53.1 Å². The predicted octanol–water partition coefficient (Wildman–Crippen LogP) is 1.00. The van der Waals surface area contributed by atoms with Gasteiger partial charge in [-0.3, -0.25) is 43.2 Å². The number of carbonyl (C=O) groups excluding carboxylic acids is 7. The molecule has 0 bridgehead atoms. The van der Waals surface area contributed by atoms with Crippen molar-refractivity contribution in [1.82, 2.24) is 16.0 Å². The average molecular weight is 770 g/mol. The third-order valence-electron chi connectivity index (χ3n) is 8.91. The van der Waals surface area contributed by atoms with Crippen LogP contribution in [0, 0.1) is 17.8 Å². The van der Waals surface area contributed by atoms with Crippen molar-refractivity contribution in [2.45, 2.75) is 109 Å². The molecule has 2 atom stereocenters. The van der Waals surface area contributed by atoms with Gasteiger partial charge in [-0.2, -0.15) is 0 Å². The Balaban J connectivity index is 2.41. The van der Waals surface area contributed by atoms with Crippen molar-refractivity contribution < 1.29 is 72.7 Å². The summed E-state index contributed by atoms with van der Waals surface area (Å²) in [7, 11) is 0. The molecular formula is C36H55N3O15. The number of carbonyl (C=O) groups is 10. The van der Waals surface area contributed by atoms with E-state index in [-0.39, 0.29) is 133 Å². The van der Waals surface area contributed by atoms with Crippen molar-refractivity contribution in [2.75, 3.05) is 39.5 Å². The Hall–Kier alpha value is -4.58. The first-order valence-corrected chi connectivity index (χ1v) is 18.4. The lowest BCUT2D eigenvalue weighted by Gasteiger charge is -2.28. The second-order valence-corrected chi connectivity index (χ2v) is 13.3. The lowest BCUT2D eigenvalue weighted by atomic mass is 9.78. The molecule has 6 N–H and O–H groups in total. The highest BCUT2D eigenvalue weighted by atomic mass is 16.5. The van der Waals surface area contributed by atoms with Crippen LogP contribution in [0.25, 0.3) is 0 Å². The molecule has 1 fully saturated rings. The van der Waals surface area contributed by atoms with Gasteiger partial charge in [-0.1, -0.05) is 0 Å². The van der Waals surface area contributed by atoms with Gasteiger partial charge < -0.3 is 45.5 Å². The molecule has 1 saturated carbocycles. The number of carboxylic acid groups (broad SMARTS) is 3. The molecule has 0 radical (unpaired) electrons. The van der Waals surface area contributed by atoms with Gasteiger partial charge in [0.1, 0.15) is 18.7 Å². The summed E-state index contributed by atoms with van der Waals surface area (Å²) in [6.45, 7) is 0.209. The van der Waals surface area contributed by atoms with E-state index in [1.807, 2.05) is 0 Å². The molecule has 0 spiro atoms. The molecule has 3 amide bonds. The van der Waals surface area contributed by atoms with Gasteiger partial charge in [0, 0.05) is 70.4 Å². The van der Waals surface area contributed by atoms with Crippen molar-refractivity contribution in [3.05, 3.63) is 0 Å². The summed E-state index contributed by atoms with van der Waals surface area (Å²) in [6.07, 6.45) is 2.35. The first kappa shape index (κ1) is 47.4. The maximum atomic E-state index is 13.0. The van der Waals surface area contributed by atoms with Crippen molar-refractivity contribution in [1.29, 1.82) is 0 Å². The number of Topliss-reactive ketones (excluding diaryl/α,β-unsaturated/α-hetero) is 3. The monoisotopic (exact) mass is 769 g/mol. The molecule has 54 heavy (non-hydrogen) atoms. The van der Waals surface area contributed by atoms with Crippen LogP contribution in [0.5, 0.6) is 0 Å². The largest absolute Gasteiger partial charge is 0.481 e. The average Bonchev–Trinajstić information content (AvgIpc) is 3.13. The molecule has 0 aromatic heterocycles. The number of hydrogen-bond acceptors (Lipinski definition) is 12. The van der Waals surface area contributed by atoms with E-state index in [4.69, 9.17) is 19.7 Å². The Kier molecular flexibility index (Phi) is 24.6. The van der Waals surface area contributed by atoms with Gasteiger partial charge in [-0.05, 0) is 57.3 Å². The zero-order chi connectivity index (χ0) is 40.3. The molecule has 0 aromatic rings. The Morgan fingerprint density at radius 3 is 2.02 bits per heavy atom. The molecule has 18 nitrogen and oxygen atoms in total. The van der Waals surface area contributed by atoms with Gasteiger partial charge in [0.25, 0.3) is 0 Å². The van der Waals surface area contributed by atoms with E-state index in [2.05, 4.69) is 16.0 Å². The van der Waals surface area contributed by atoms with E-state index in [1.54, 1.807) is 0 Å². The van der Waals surface area contributed by atoms with E-state index >= 15 is 0 Å². The van der Waals surface area contributed by atoms with Gasteiger partial charge in [0.2, 0.25) is 17.7 Å². The highest BCUT2D eigenvalue weighted by Gasteiger charge is 2.31. The van der Waals surface area contributed by atoms with Gasteiger partial charge in [-0.25, -0.2) is 0 Å². The number of nitrogens with one attached hydrogen (secondary N) is 3. The van der Waals surface area contributed by atoms with Crippen LogP contribution in [0.4, 0.5) is 0 Å². The molecule has 2 unspecified atom stereocenters. The maximum Gasteiger partial charge on any atom is 0.306 e. The highest BCUT2D eigenvalue weighted by molar-refractivity contribution is 5.90. The summed E-state index contributed by atoms with van der Waals surface area (Å²) in [4.78, 5) is 118. The van der Waals surface area contributed by atoms with E-state index < -0.39 is 53.9 Å². The minimum absolute atomic E-state index is 0.0420. The topological polar surface area (TPSA) is 286 Å². The van der Waals surface area contributed by atoms with Gasteiger partial charge in [0.15, 0.2) is 11.6 Å². The van der Waals surface area contributed by atoms with Crippen LogP contribution in [-0.2, 0) is 57.4 Å². The quantitative estimate of drug-likeness (QED) is 0.0411. The lowest BCUT2D eigenvalue weighted by molar-refractivity contribution is -0.145. The van der Waals surface area contributed by atoms with Crippen LogP contribution >= 0.6 is 0 Å². The Bertz CT molecular complexity index is 1280. The zero-order valence-corrected chi connectivity index (χ0v) is 30.7. The second kappa shape index (κ2) is 27.9. The number of rotatable bonds is 32. The second-order valence-electron chi connectivity index (χ2n) is 13.3. The SMILES string of the molecule is O=CCCC(=O)CNC(=O)COCCOCCCC(=O)C(CCC(=O)O)NC(=O)CCC(CC(=O)C1CCC(CNC(=O)CCCC(=O)O)CC1)C(=O)O. The standard InChI is InChI=1S/C36H55N3O15/c40-16-2-4-27(41)22-38-33(46)23-54-19-18-53-17-3-5-29(42)28(13-15-35(49)50)39-32(45)14-12-26(36(51)52)20-30(43)25-10-8-24(9-11-25)21-37-31(44)6-1-7-34(47)48/h16,24-26,28H,1-15,17-23H2,(H,37,44)(H,38,46)(H,39,45)(H,47,48)(H,49,50)(H,51,52).